The molecule has 0 saturated heterocycles. The van der Waals surface area contributed by atoms with E-state index >= 15 is 0 Å². The van der Waals surface area contributed by atoms with E-state index in [-0.39, 0.29) is 0 Å². The minimum absolute atomic E-state index is 0.333. The molecule has 0 heterocycles. The molecule has 0 aromatic heterocycles. The van der Waals surface area contributed by atoms with Crippen LogP contribution in [-0.2, 0) is 0 Å². The Labute approximate surface area is 76.9 Å². The van der Waals surface area contributed by atoms with Gasteiger partial charge >= 0.3 is 0 Å². The zero-order valence-electron chi connectivity index (χ0n) is 8.77. The smallest absolute Gasteiger partial charge is 0.00225 e. The van der Waals surface area contributed by atoms with Crippen molar-refractivity contribution in [2.24, 2.45) is 11.7 Å². The SMILES string of the molecule is CCC(CC)CNCCC(C)N. The Morgan fingerprint density at radius 3 is 2.25 bits per heavy atom. The predicted octanol–water partition coefficient (Wildman–Crippen LogP) is 1.75. The van der Waals surface area contributed by atoms with Crippen molar-refractivity contribution in [3.05, 3.63) is 0 Å². The highest BCUT2D eigenvalue weighted by molar-refractivity contribution is 4.60. The highest BCUT2D eigenvalue weighted by Gasteiger charge is 2.01. The number of nitrogens with two attached hydrogens (primary N) is 1. The van der Waals surface area contributed by atoms with Crippen molar-refractivity contribution in [2.45, 2.75) is 46.1 Å². The van der Waals surface area contributed by atoms with Gasteiger partial charge in [0, 0.05) is 6.04 Å². The van der Waals surface area contributed by atoms with Gasteiger partial charge in [-0.25, -0.2) is 0 Å². The van der Waals surface area contributed by atoms with Crippen molar-refractivity contribution in [2.75, 3.05) is 13.1 Å². The molecule has 0 aliphatic heterocycles. The molecule has 0 spiro atoms. The largest absolute Gasteiger partial charge is 0.328 e. The summed E-state index contributed by atoms with van der Waals surface area (Å²) < 4.78 is 0. The molecule has 3 N–H and O–H groups in total. The number of hydrogen-bond donors (Lipinski definition) is 2. The highest BCUT2D eigenvalue weighted by Crippen LogP contribution is 2.04. The first-order valence-electron chi connectivity index (χ1n) is 5.16. The summed E-state index contributed by atoms with van der Waals surface area (Å²) in [6.45, 7) is 8.77. The van der Waals surface area contributed by atoms with E-state index in [0.29, 0.717) is 6.04 Å². The summed E-state index contributed by atoms with van der Waals surface area (Å²) in [5, 5.41) is 3.44. The van der Waals surface area contributed by atoms with E-state index in [1.165, 1.54) is 12.8 Å². The van der Waals surface area contributed by atoms with Crippen LogP contribution in [0.5, 0.6) is 0 Å². The van der Waals surface area contributed by atoms with E-state index in [4.69, 9.17) is 5.73 Å². The van der Waals surface area contributed by atoms with Crippen LogP contribution in [0.3, 0.4) is 0 Å². The lowest BCUT2D eigenvalue weighted by atomic mass is 10.0. The van der Waals surface area contributed by atoms with Gasteiger partial charge in [0.15, 0.2) is 0 Å². The molecule has 12 heavy (non-hydrogen) atoms. The molecule has 0 fully saturated rings. The summed E-state index contributed by atoms with van der Waals surface area (Å²) in [5.74, 6) is 0.845. The van der Waals surface area contributed by atoms with Gasteiger partial charge in [0.2, 0.25) is 0 Å². The molecule has 2 heteroatoms. The van der Waals surface area contributed by atoms with E-state index in [1.54, 1.807) is 0 Å². The Kier molecular flexibility index (Phi) is 7.51. The predicted molar refractivity (Wildman–Crippen MR) is 55.2 cm³/mol. The third-order valence-corrected chi connectivity index (χ3v) is 2.36. The molecule has 74 valence electrons. The summed E-state index contributed by atoms with van der Waals surface area (Å²) in [7, 11) is 0. The molecule has 1 atom stereocenters. The van der Waals surface area contributed by atoms with E-state index < -0.39 is 0 Å². The zero-order valence-corrected chi connectivity index (χ0v) is 8.77. The minimum atomic E-state index is 0.333. The van der Waals surface area contributed by atoms with Gasteiger partial charge in [0.05, 0.1) is 0 Å². The second-order valence-corrected chi connectivity index (χ2v) is 3.65. The molecular weight excluding hydrogens is 148 g/mol. The van der Waals surface area contributed by atoms with Gasteiger partial charge in [0.25, 0.3) is 0 Å². The molecule has 0 amide bonds. The van der Waals surface area contributed by atoms with Crippen LogP contribution in [0.2, 0.25) is 0 Å². The van der Waals surface area contributed by atoms with Crippen LogP contribution in [0.25, 0.3) is 0 Å². The molecule has 0 aromatic carbocycles. The maximum absolute atomic E-state index is 5.63. The van der Waals surface area contributed by atoms with E-state index in [1.807, 2.05) is 0 Å². The molecule has 0 radical (unpaired) electrons. The average Bonchev–Trinajstić information content (AvgIpc) is 2.04. The number of rotatable bonds is 7. The van der Waals surface area contributed by atoms with Crippen molar-refractivity contribution in [1.82, 2.24) is 5.32 Å². The maximum Gasteiger partial charge on any atom is 0.00225 e. The van der Waals surface area contributed by atoms with Crippen molar-refractivity contribution in [3.63, 3.8) is 0 Å². The third-order valence-electron chi connectivity index (χ3n) is 2.36. The second-order valence-electron chi connectivity index (χ2n) is 3.65. The Balaban J connectivity index is 3.17. The van der Waals surface area contributed by atoms with Gasteiger partial charge in [0.1, 0.15) is 0 Å². The third kappa shape index (κ3) is 6.62. The van der Waals surface area contributed by atoms with Crippen molar-refractivity contribution in [1.29, 1.82) is 0 Å². The molecule has 0 aromatic rings. The van der Waals surface area contributed by atoms with Gasteiger partial charge in [-0.3, -0.25) is 0 Å². The Hall–Kier alpha value is -0.0800. The van der Waals surface area contributed by atoms with Crippen LogP contribution in [0, 0.1) is 5.92 Å². The van der Waals surface area contributed by atoms with Gasteiger partial charge in [-0.15, -0.1) is 0 Å². The van der Waals surface area contributed by atoms with Crippen LogP contribution in [0.1, 0.15) is 40.0 Å². The molecule has 0 aliphatic rings. The van der Waals surface area contributed by atoms with Gasteiger partial charge in [-0.1, -0.05) is 26.7 Å². The van der Waals surface area contributed by atoms with Crippen LogP contribution in [0.4, 0.5) is 0 Å². The van der Waals surface area contributed by atoms with Gasteiger partial charge < -0.3 is 11.1 Å². The molecule has 0 rings (SSSR count). The summed E-state index contributed by atoms with van der Waals surface area (Å²) in [6, 6.07) is 0.333. The van der Waals surface area contributed by atoms with E-state index in [2.05, 4.69) is 26.1 Å². The Morgan fingerprint density at radius 1 is 1.25 bits per heavy atom. The molecule has 2 nitrogen and oxygen atoms in total. The van der Waals surface area contributed by atoms with Crippen LogP contribution in [-0.4, -0.2) is 19.1 Å². The zero-order chi connectivity index (χ0) is 9.40. The average molecular weight is 172 g/mol. The Bertz CT molecular complexity index is 87.8. The molecule has 0 aliphatic carbocycles. The van der Waals surface area contributed by atoms with Gasteiger partial charge in [-0.2, -0.15) is 0 Å². The minimum Gasteiger partial charge on any atom is -0.328 e. The van der Waals surface area contributed by atoms with Gasteiger partial charge in [-0.05, 0) is 32.4 Å². The fourth-order valence-corrected chi connectivity index (χ4v) is 1.21. The summed E-state index contributed by atoms with van der Waals surface area (Å²) in [4.78, 5) is 0. The van der Waals surface area contributed by atoms with Crippen molar-refractivity contribution < 1.29 is 0 Å². The molecule has 0 saturated carbocycles. The topological polar surface area (TPSA) is 38.0 Å². The van der Waals surface area contributed by atoms with Crippen LogP contribution >= 0.6 is 0 Å². The normalized spacial score (nSPS) is 13.8. The molecular formula is C10H24N2. The summed E-state index contributed by atoms with van der Waals surface area (Å²) in [6.07, 6.45) is 3.64. The lowest BCUT2D eigenvalue weighted by Gasteiger charge is -2.13. The highest BCUT2D eigenvalue weighted by atomic mass is 14.9. The first-order valence-corrected chi connectivity index (χ1v) is 5.16. The summed E-state index contributed by atoms with van der Waals surface area (Å²) in [5.41, 5.74) is 5.63. The first-order chi connectivity index (χ1) is 5.70. The lowest BCUT2D eigenvalue weighted by Crippen LogP contribution is -2.27. The van der Waals surface area contributed by atoms with E-state index in [0.717, 1.165) is 25.4 Å². The standard InChI is InChI=1S/C10H24N2/c1-4-10(5-2)8-12-7-6-9(3)11/h9-10,12H,4-8,11H2,1-3H3. The maximum atomic E-state index is 5.63. The molecule has 0 bridgehead atoms. The summed E-state index contributed by atoms with van der Waals surface area (Å²) >= 11 is 0. The van der Waals surface area contributed by atoms with Crippen molar-refractivity contribution in [3.8, 4) is 0 Å². The molecule has 1 unspecified atom stereocenters. The van der Waals surface area contributed by atoms with Crippen LogP contribution < -0.4 is 11.1 Å². The quantitative estimate of drug-likeness (QED) is 0.574. The fraction of sp³-hybridized carbons (Fsp3) is 1.00. The number of hydrogen-bond acceptors (Lipinski definition) is 2. The van der Waals surface area contributed by atoms with Crippen molar-refractivity contribution >= 4 is 0 Å². The van der Waals surface area contributed by atoms with E-state index in [9.17, 15) is 0 Å². The number of nitrogens with one attached hydrogen (secondary N) is 1. The monoisotopic (exact) mass is 172 g/mol. The fourth-order valence-electron chi connectivity index (χ4n) is 1.21. The van der Waals surface area contributed by atoms with Crippen LogP contribution in [0.15, 0.2) is 0 Å². The lowest BCUT2D eigenvalue weighted by molar-refractivity contribution is 0.442. The Morgan fingerprint density at radius 2 is 1.83 bits per heavy atom. The second kappa shape index (κ2) is 7.56. The first kappa shape index (κ1) is 11.9.